The van der Waals surface area contributed by atoms with Crippen molar-refractivity contribution in [1.29, 1.82) is 0 Å². The van der Waals surface area contributed by atoms with E-state index in [1.54, 1.807) is 18.9 Å². The summed E-state index contributed by atoms with van der Waals surface area (Å²) in [6.07, 6.45) is 0. The van der Waals surface area contributed by atoms with Crippen LogP contribution in [0.15, 0.2) is 58.2 Å². The van der Waals surface area contributed by atoms with E-state index in [0.29, 0.717) is 11.8 Å². The van der Waals surface area contributed by atoms with Gasteiger partial charge in [-0.05, 0) is 48.5 Å². The highest BCUT2D eigenvalue weighted by Crippen LogP contribution is 2.22. The number of hydrogen-bond donors (Lipinski definition) is 1. The van der Waals surface area contributed by atoms with Crippen LogP contribution in [0.3, 0.4) is 0 Å². The van der Waals surface area contributed by atoms with Gasteiger partial charge in [0.05, 0.1) is 13.7 Å². The number of benzene rings is 2. The fraction of sp³-hybridized carbons (Fsp3) is 0.176. The Morgan fingerprint density at radius 2 is 1.75 bits per heavy atom. The molecule has 0 aliphatic heterocycles. The number of ether oxygens (including phenoxy) is 2. The Bertz CT molecular complexity index is 775. The lowest BCUT2D eigenvalue weighted by Crippen LogP contribution is -2.00. The highest BCUT2D eigenvalue weighted by atomic mass is 79.9. The summed E-state index contributed by atoms with van der Waals surface area (Å²) in [5.74, 6) is 3.19. The van der Waals surface area contributed by atoms with Crippen LogP contribution >= 0.6 is 27.7 Å². The van der Waals surface area contributed by atoms with Gasteiger partial charge in [-0.1, -0.05) is 27.7 Å². The molecule has 0 aliphatic rings. The van der Waals surface area contributed by atoms with E-state index in [-0.39, 0.29) is 0 Å². The first-order valence-corrected chi connectivity index (χ1v) is 9.10. The minimum absolute atomic E-state index is 0.596. The molecule has 0 atom stereocenters. The smallest absolute Gasteiger partial charge is 0.208 e. The van der Waals surface area contributed by atoms with Gasteiger partial charge in [0, 0.05) is 15.8 Å². The lowest BCUT2D eigenvalue weighted by Gasteiger charge is -2.04. The maximum Gasteiger partial charge on any atom is 0.208 e. The Kier molecular flexibility index (Phi) is 5.77. The first-order valence-electron chi connectivity index (χ1n) is 7.32. The molecule has 1 aromatic heterocycles. The average molecular weight is 406 g/mol. The third-order valence-corrected chi connectivity index (χ3v) is 4.57. The van der Waals surface area contributed by atoms with Crippen LogP contribution in [0, 0.1) is 0 Å². The van der Waals surface area contributed by atoms with Gasteiger partial charge in [-0.3, -0.25) is 5.10 Å². The molecule has 0 amide bonds. The van der Waals surface area contributed by atoms with Crippen molar-refractivity contribution in [3.63, 3.8) is 0 Å². The van der Waals surface area contributed by atoms with Crippen molar-refractivity contribution in [1.82, 2.24) is 15.2 Å². The van der Waals surface area contributed by atoms with Crippen LogP contribution in [0.5, 0.6) is 11.5 Å². The quantitative estimate of drug-likeness (QED) is 0.465. The van der Waals surface area contributed by atoms with E-state index in [1.165, 1.54) is 0 Å². The van der Waals surface area contributed by atoms with E-state index in [9.17, 15) is 0 Å². The number of halogens is 1. The number of nitrogens with one attached hydrogen (secondary N) is 1. The van der Waals surface area contributed by atoms with Gasteiger partial charge in [0.25, 0.3) is 0 Å². The van der Waals surface area contributed by atoms with Crippen LogP contribution < -0.4 is 9.47 Å². The number of H-pyrrole nitrogens is 1. The molecule has 0 unspecified atom stereocenters. The zero-order valence-corrected chi connectivity index (χ0v) is 15.4. The minimum atomic E-state index is 0.596. The monoisotopic (exact) mass is 405 g/mol. The zero-order chi connectivity index (χ0) is 16.8. The zero-order valence-electron chi connectivity index (χ0n) is 13.0. The average Bonchev–Trinajstić information content (AvgIpc) is 3.09. The topological polar surface area (TPSA) is 60.0 Å². The third kappa shape index (κ3) is 4.52. The summed E-state index contributed by atoms with van der Waals surface area (Å²) in [5.41, 5.74) is 0.973. The van der Waals surface area contributed by atoms with Crippen molar-refractivity contribution in [2.75, 3.05) is 19.5 Å². The predicted molar refractivity (Wildman–Crippen MR) is 98.7 cm³/mol. The number of rotatable bonds is 7. The van der Waals surface area contributed by atoms with E-state index in [1.807, 2.05) is 48.5 Å². The molecule has 3 rings (SSSR count). The van der Waals surface area contributed by atoms with E-state index in [4.69, 9.17) is 9.47 Å². The molecule has 3 aromatic rings. The van der Waals surface area contributed by atoms with Crippen molar-refractivity contribution in [2.24, 2.45) is 0 Å². The highest BCUT2D eigenvalue weighted by Gasteiger charge is 2.06. The lowest BCUT2D eigenvalue weighted by molar-refractivity contribution is 0.344. The number of thioether (sulfide) groups is 1. The normalized spacial score (nSPS) is 10.6. The second-order valence-electron chi connectivity index (χ2n) is 4.85. The Morgan fingerprint density at radius 1 is 1.04 bits per heavy atom. The number of hydrogen-bond acceptors (Lipinski definition) is 5. The molecule has 0 saturated carbocycles. The van der Waals surface area contributed by atoms with Crippen molar-refractivity contribution in [2.45, 2.75) is 5.16 Å². The van der Waals surface area contributed by atoms with Gasteiger partial charge in [0.2, 0.25) is 5.16 Å². The maximum absolute atomic E-state index is 5.68. The number of methoxy groups -OCH3 is 1. The maximum atomic E-state index is 5.68. The van der Waals surface area contributed by atoms with Crippen LogP contribution in [0.4, 0.5) is 0 Å². The Balaban J connectivity index is 1.49. The summed E-state index contributed by atoms with van der Waals surface area (Å²) >= 11 is 4.95. The van der Waals surface area contributed by atoms with Gasteiger partial charge < -0.3 is 9.47 Å². The molecule has 0 bridgehead atoms. The van der Waals surface area contributed by atoms with Crippen molar-refractivity contribution in [3.05, 3.63) is 53.0 Å². The molecule has 0 spiro atoms. The van der Waals surface area contributed by atoms with Crippen molar-refractivity contribution >= 4 is 27.7 Å². The molecule has 7 heteroatoms. The number of aromatic nitrogens is 3. The van der Waals surface area contributed by atoms with Gasteiger partial charge in [0.1, 0.15) is 11.5 Å². The van der Waals surface area contributed by atoms with Crippen LogP contribution in [0.1, 0.15) is 0 Å². The lowest BCUT2D eigenvalue weighted by atomic mass is 10.2. The first-order chi connectivity index (χ1) is 11.7. The van der Waals surface area contributed by atoms with E-state index >= 15 is 0 Å². The fourth-order valence-corrected chi connectivity index (χ4v) is 2.89. The molecule has 0 fully saturated rings. The van der Waals surface area contributed by atoms with E-state index < -0.39 is 0 Å². The third-order valence-electron chi connectivity index (χ3n) is 3.23. The summed E-state index contributed by atoms with van der Waals surface area (Å²) in [5, 5.41) is 7.89. The Hall–Kier alpha value is -1.99. The molecule has 0 radical (unpaired) electrons. The molecule has 24 heavy (non-hydrogen) atoms. The van der Waals surface area contributed by atoms with Gasteiger partial charge in [-0.15, -0.1) is 5.10 Å². The van der Waals surface area contributed by atoms with E-state index in [0.717, 1.165) is 33.1 Å². The molecule has 2 aromatic carbocycles. The Labute approximate surface area is 152 Å². The summed E-state index contributed by atoms with van der Waals surface area (Å²) in [7, 11) is 1.65. The minimum Gasteiger partial charge on any atom is -0.497 e. The Morgan fingerprint density at radius 3 is 2.46 bits per heavy atom. The van der Waals surface area contributed by atoms with Gasteiger partial charge >= 0.3 is 0 Å². The second-order valence-corrected chi connectivity index (χ2v) is 6.82. The van der Waals surface area contributed by atoms with Gasteiger partial charge in [-0.25, -0.2) is 4.98 Å². The molecule has 124 valence electrons. The van der Waals surface area contributed by atoms with Crippen molar-refractivity contribution in [3.8, 4) is 22.9 Å². The summed E-state index contributed by atoms with van der Waals surface area (Å²) in [4.78, 5) is 4.49. The second kappa shape index (κ2) is 8.21. The van der Waals surface area contributed by atoms with Crippen LogP contribution in [-0.2, 0) is 0 Å². The van der Waals surface area contributed by atoms with Crippen LogP contribution in [-0.4, -0.2) is 34.7 Å². The number of nitrogens with zero attached hydrogens (tertiary/aromatic N) is 2. The van der Waals surface area contributed by atoms with Gasteiger partial charge in [0.15, 0.2) is 5.82 Å². The first kappa shape index (κ1) is 16.9. The largest absolute Gasteiger partial charge is 0.497 e. The molecule has 1 N–H and O–H groups in total. The SMILES string of the molecule is COc1ccc(-c2nc(SCCOc3ccc(Br)cc3)n[nH]2)cc1. The predicted octanol–water partition coefficient (Wildman–Crippen LogP) is 4.41. The molecule has 0 aliphatic carbocycles. The summed E-state index contributed by atoms with van der Waals surface area (Å²) in [6, 6.07) is 15.5. The van der Waals surface area contributed by atoms with E-state index in [2.05, 4.69) is 31.1 Å². The number of aromatic amines is 1. The van der Waals surface area contributed by atoms with Gasteiger partial charge in [-0.2, -0.15) is 0 Å². The molecule has 0 saturated heterocycles. The summed E-state index contributed by atoms with van der Waals surface area (Å²) in [6.45, 7) is 0.596. The highest BCUT2D eigenvalue weighted by molar-refractivity contribution is 9.10. The summed E-state index contributed by atoms with van der Waals surface area (Å²) < 4.78 is 11.9. The van der Waals surface area contributed by atoms with Crippen molar-refractivity contribution < 1.29 is 9.47 Å². The van der Waals surface area contributed by atoms with Crippen LogP contribution in [0.25, 0.3) is 11.4 Å². The molecular weight excluding hydrogens is 390 g/mol. The molecule has 5 nitrogen and oxygen atoms in total. The molecule has 1 heterocycles. The fourth-order valence-electron chi connectivity index (χ4n) is 2.01. The standard InChI is InChI=1S/C17H16BrN3O2S/c1-22-14-6-2-12(3-7-14)16-19-17(21-20-16)24-11-10-23-15-8-4-13(18)5-9-15/h2-9H,10-11H2,1H3,(H,19,20,21). The van der Waals surface area contributed by atoms with Crippen LogP contribution in [0.2, 0.25) is 0 Å². The molecular formula is C17H16BrN3O2S.